The summed E-state index contributed by atoms with van der Waals surface area (Å²) < 4.78 is 0. The summed E-state index contributed by atoms with van der Waals surface area (Å²) in [5.74, 6) is 0.405. The highest BCUT2D eigenvalue weighted by molar-refractivity contribution is 5.76. The molecular formula is C16H18N4O2. The Kier molecular flexibility index (Phi) is 4.00. The van der Waals surface area contributed by atoms with E-state index in [2.05, 4.69) is 20.5 Å². The summed E-state index contributed by atoms with van der Waals surface area (Å²) in [5, 5.41) is 10.9. The van der Waals surface area contributed by atoms with Crippen molar-refractivity contribution in [2.45, 2.75) is 38.6 Å². The van der Waals surface area contributed by atoms with Gasteiger partial charge in [0.25, 0.3) is 5.56 Å². The molecule has 6 heteroatoms. The average molecular weight is 298 g/mol. The molecule has 1 saturated carbocycles. The van der Waals surface area contributed by atoms with Gasteiger partial charge in [-0.3, -0.25) is 9.59 Å². The number of nitrogens with one attached hydrogen (secondary N) is 2. The summed E-state index contributed by atoms with van der Waals surface area (Å²) in [5.41, 5.74) is 1.96. The number of hydrogen-bond acceptors (Lipinski definition) is 4. The quantitative estimate of drug-likeness (QED) is 0.872. The summed E-state index contributed by atoms with van der Waals surface area (Å²) in [6, 6.07) is 8.01. The molecule has 1 amide bonds. The number of aryl methyl sites for hydroxylation is 2. The summed E-state index contributed by atoms with van der Waals surface area (Å²) in [6.45, 7) is 1.99. The lowest BCUT2D eigenvalue weighted by atomic mass is 10.1. The first-order valence-electron chi connectivity index (χ1n) is 7.44. The molecule has 2 aromatic rings. The third-order valence-corrected chi connectivity index (χ3v) is 3.62. The minimum Gasteiger partial charge on any atom is -0.353 e. The highest BCUT2D eigenvalue weighted by Crippen LogP contribution is 2.18. The number of H-pyrrole nitrogens is 1. The van der Waals surface area contributed by atoms with Crippen LogP contribution >= 0.6 is 0 Å². The standard InChI is InChI=1S/C16H18N4O2/c1-10-2-4-11(5-3-10)15-18-16(22)13(19-20-15)8-9-14(21)17-12-6-7-12/h2-5,12H,6-9H2,1H3,(H,17,21)(H,18,20,22). The Morgan fingerprint density at radius 3 is 2.64 bits per heavy atom. The minimum absolute atomic E-state index is 0.0358. The van der Waals surface area contributed by atoms with Crippen LogP contribution in [0.4, 0.5) is 0 Å². The normalized spacial score (nSPS) is 13.9. The molecule has 0 aliphatic heterocycles. The van der Waals surface area contributed by atoms with Gasteiger partial charge in [0.15, 0.2) is 5.82 Å². The molecule has 0 spiro atoms. The van der Waals surface area contributed by atoms with E-state index >= 15 is 0 Å². The van der Waals surface area contributed by atoms with Crippen LogP contribution in [0.2, 0.25) is 0 Å². The van der Waals surface area contributed by atoms with Crippen molar-refractivity contribution < 1.29 is 4.79 Å². The molecule has 0 unspecified atom stereocenters. The van der Waals surface area contributed by atoms with Gasteiger partial charge in [-0.2, -0.15) is 0 Å². The first kappa shape index (κ1) is 14.4. The van der Waals surface area contributed by atoms with E-state index in [1.54, 1.807) is 0 Å². The fraction of sp³-hybridized carbons (Fsp3) is 0.375. The van der Waals surface area contributed by atoms with Crippen LogP contribution in [0.5, 0.6) is 0 Å². The monoisotopic (exact) mass is 298 g/mol. The molecule has 0 atom stereocenters. The molecule has 3 rings (SSSR count). The molecule has 114 valence electrons. The average Bonchev–Trinajstić information content (AvgIpc) is 3.30. The zero-order chi connectivity index (χ0) is 15.5. The Hall–Kier alpha value is -2.50. The van der Waals surface area contributed by atoms with E-state index in [0.717, 1.165) is 24.0 Å². The van der Waals surface area contributed by atoms with E-state index in [1.165, 1.54) is 0 Å². The van der Waals surface area contributed by atoms with E-state index in [4.69, 9.17) is 0 Å². The van der Waals surface area contributed by atoms with Gasteiger partial charge in [-0.1, -0.05) is 29.8 Å². The van der Waals surface area contributed by atoms with Crippen LogP contribution in [-0.4, -0.2) is 27.1 Å². The Balaban J connectivity index is 1.67. The smallest absolute Gasteiger partial charge is 0.273 e. The van der Waals surface area contributed by atoms with E-state index in [-0.39, 0.29) is 17.9 Å². The molecule has 0 radical (unpaired) electrons. The largest absolute Gasteiger partial charge is 0.353 e. The van der Waals surface area contributed by atoms with Gasteiger partial charge in [-0.05, 0) is 19.8 Å². The number of carbonyl (C=O) groups is 1. The lowest BCUT2D eigenvalue weighted by Crippen LogP contribution is -2.27. The van der Waals surface area contributed by atoms with Gasteiger partial charge >= 0.3 is 0 Å². The van der Waals surface area contributed by atoms with Crippen molar-refractivity contribution in [2.75, 3.05) is 0 Å². The van der Waals surface area contributed by atoms with E-state index in [0.29, 0.717) is 24.0 Å². The number of aromatic nitrogens is 3. The fourth-order valence-corrected chi connectivity index (χ4v) is 2.12. The number of rotatable bonds is 5. The Morgan fingerprint density at radius 2 is 2.00 bits per heavy atom. The highest BCUT2D eigenvalue weighted by atomic mass is 16.1. The van der Waals surface area contributed by atoms with Crippen LogP contribution in [0, 0.1) is 6.92 Å². The summed E-state index contributed by atoms with van der Waals surface area (Å²) in [7, 11) is 0. The van der Waals surface area contributed by atoms with Crippen molar-refractivity contribution >= 4 is 5.91 Å². The van der Waals surface area contributed by atoms with Gasteiger partial charge in [-0.15, -0.1) is 10.2 Å². The number of hydrogen-bond donors (Lipinski definition) is 2. The van der Waals surface area contributed by atoms with Gasteiger partial charge in [0.1, 0.15) is 5.69 Å². The van der Waals surface area contributed by atoms with Crippen molar-refractivity contribution in [3.05, 3.63) is 45.9 Å². The van der Waals surface area contributed by atoms with Crippen LogP contribution in [0.3, 0.4) is 0 Å². The molecule has 1 aromatic carbocycles. The fourth-order valence-electron chi connectivity index (χ4n) is 2.12. The summed E-state index contributed by atoms with van der Waals surface area (Å²) >= 11 is 0. The second-order valence-corrected chi connectivity index (χ2v) is 5.66. The number of carbonyl (C=O) groups excluding carboxylic acids is 1. The summed E-state index contributed by atoms with van der Waals surface area (Å²) in [6.07, 6.45) is 2.67. The van der Waals surface area contributed by atoms with Gasteiger partial charge in [-0.25, -0.2) is 0 Å². The molecular weight excluding hydrogens is 280 g/mol. The molecule has 1 heterocycles. The molecule has 1 aromatic heterocycles. The van der Waals surface area contributed by atoms with Crippen LogP contribution in [0.15, 0.2) is 29.1 Å². The van der Waals surface area contributed by atoms with Gasteiger partial charge in [0.05, 0.1) is 0 Å². The van der Waals surface area contributed by atoms with E-state index < -0.39 is 0 Å². The van der Waals surface area contributed by atoms with Crippen molar-refractivity contribution in [2.24, 2.45) is 0 Å². The van der Waals surface area contributed by atoms with Crippen LogP contribution in [-0.2, 0) is 11.2 Å². The molecule has 1 aliphatic rings. The third-order valence-electron chi connectivity index (χ3n) is 3.62. The molecule has 2 N–H and O–H groups in total. The van der Waals surface area contributed by atoms with Crippen molar-refractivity contribution in [3.8, 4) is 11.4 Å². The molecule has 0 bridgehead atoms. The zero-order valence-electron chi connectivity index (χ0n) is 12.4. The van der Waals surface area contributed by atoms with Crippen LogP contribution in [0.1, 0.15) is 30.5 Å². The van der Waals surface area contributed by atoms with E-state index in [9.17, 15) is 9.59 Å². The second kappa shape index (κ2) is 6.09. The van der Waals surface area contributed by atoms with E-state index in [1.807, 2.05) is 31.2 Å². The van der Waals surface area contributed by atoms with Gasteiger partial charge in [0.2, 0.25) is 5.91 Å². The van der Waals surface area contributed by atoms with Crippen LogP contribution < -0.4 is 10.9 Å². The predicted molar refractivity (Wildman–Crippen MR) is 82.3 cm³/mol. The summed E-state index contributed by atoms with van der Waals surface area (Å²) in [4.78, 5) is 26.4. The van der Waals surface area contributed by atoms with Gasteiger partial charge < -0.3 is 10.3 Å². The molecule has 1 aliphatic carbocycles. The molecule has 22 heavy (non-hydrogen) atoms. The number of nitrogens with zero attached hydrogens (tertiary/aromatic N) is 2. The Morgan fingerprint density at radius 1 is 1.27 bits per heavy atom. The number of benzene rings is 1. The maximum absolute atomic E-state index is 12.0. The van der Waals surface area contributed by atoms with Crippen molar-refractivity contribution in [1.29, 1.82) is 0 Å². The molecule has 6 nitrogen and oxygen atoms in total. The highest BCUT2D eigenvalue weighted by Gasteiger charge is 2.23. The number of amides is 1. The Labute approximate surface area is 128 Å². The van der Waals surface area contributed by atoms with Crippen LogP contribution in [0.25, 0.3) is 11.4 Å². The third kappa shape index (κ3) is 3.58. The SMILES string of the molecule is Cc1ccc(-c2nnc(CCC(=O)NC3CC3)c(=O)[nH]2)cc1. The van der Waals surface area contributed by atoms with Gasteiger partial charge in [0, 0.05) is 24.4 Å². The second-order valence-electron chi connectivity index (χ2n) is 5.66. The lowest BCUT2D eigenvalue weighted by Gasteiger charge is -2.04. The lowest BCUT2D eigenvalue weighted by molar-refractivity contribution is -0.121. The topological polar surface area (TPSA) is 87.7 Å². The number of aromatic amines is 1. The predicted octanol–water partition coefficient (Wildman–Crippen LogP) is 1.35. The molecule has 1 fully saturated rings. The first-order valence-corrected chi connectivity index (χ1v) is 7.44. The zero-order valence-corrected chi connectivity index (χ0v) is 12.4. The first-order chi connectivity index (χ1) is 10.6. The molecule has 0 saturated heterocycles. The van der Waals surface area contributed by atoms with Crippen molar-refractivity contribution in [3.63, 3.8) is 0 Å². The maximum Gasteiger partial charge on any atom is 0.273 e. The van der Waals surface area contributed by atoms with Crippen molar-refractivity contribution in [1.82, 2.24) is 20.5 Å². The Bertz CT molecular complexity index is 733. The minimum atomic E-state index is -0.287. The maximum atomic E-state index is 12.0.